The Bertz CT molecular complexity index is 458. The van der Waals surface area contributed by atoms with Crippen LogP contribution in [0.3, 0.4) is 0 Å². The summed E-state index contributed by atoms with van der Waals surface area (Å²) in [5.74, 6) is -1.02. The van der Waals surface area contributed by atoms with Gasteiger partial charge in [-0.3, -0.25) is 9.59 Å². The first-order valence-corrected chi connectivity index (χ1v) is 6.14. The van der Waals surface area contributed by atoms with Crippen molar-refractivity contribution in [3.05, 3.63) is 28.8 Å². The molecule has 5 heteroatoms. The summed E-state index contributed by atoms with van der Waals surface area (Å²) in [5.41, 5.74) is 1.29. The van der Waals surface area contributed by atoms with Crippen LogP contribution in [0.15, 0.2) is 18.2 Å². The van der Waals surface area contributed by atoms with Gasteiger partial charge in [0.2, 0.25) is 0 Å². The molecule has 0 aliphatic carbocycles. The van der Waals surface area contributed by atoms with E-state index >= 15 is 0 Å². The molecule has 4 nitrogen and oxygen atoms in total. The van der Waals surface area contributed by atoms with E-state index in [0.29, 0.717) is 23.2 Å². The van der Waals surface area contributed by atoms with E-state index in [9.17, 15) is 9.59 Å². The zero-order valence-corrected chi connectivity index (χ0v) is 11.5. The summed E-state index contributed by atoms with van der Waals surface area (Å²) < 4.78 is 0. The third-order valence-corrected chi connectivity index (χ3v) is 2.80. The second-order valence-corrected chi connectivity index (χ2v) is 4.88. The lowest BCUT2D eigenvalue weighted by Gasteiger charge is -2.10. The number of hydrogen-bond acceptors (Lipinski definition) is 2. The average Bonchev–Trinajstić information content (AvgIpc) is 2.31. The van der Waals surface area contributed by atoms with Crippen molar-refractivity contribution in [1.82, 2.24) is 5.32 Å². The summed E-state index contributed by atoms with van der Waals surface area (Å²) in [6, 6.07) is 5.15. The molecule has 0 aliphatic heterocycles. The molecule has 0 aliphatic rings. The Morgan fingerprint density at radius 3 is 2.56 bits per heavy atom. The average molecular weight is 269 g/mol. The molecule has 1 aromatic rings. The molecule has 18 heavy (non-hydrogen) atoms. The Balaban J connectivity index is 2.64. The fourth-order valence-corrected chi connectivity index (χ4v) is 1.47. The molecule has 0 saturated heterocycles. The zero-order chi connectivity index (χ0) is 13.7. The number of hydrogen-bond donors (Lipinski definition) is 2. The first kappa shape index (κ1) is 14.5. The van der Waals surface area contributed by atoms with Crippen LogP contribution < -0.4 is 10.6 Å². The maximum absolute atomic E-state index is 11.6. The van der Waals surface area contributed by atoms with Crippen LogP contribution in [0, 0.1) is 12.8 Å². The molecule has 0 fully saturated rings. The topological polar surface area (TPSA) is 58.2 Å². The predicted octanol–water partition coefficient (Wildman–Crippen LogP) is 2.36. The molecule has 1 aromatic carbocycles. The number of rotatable bonds is 3. The number of amides is 2. The predicted molar refractivity (Wildman–Crippen MR) is 72.7 cm³/mol. The van der Waals surface area contributed by atoms with E-state index in [1.54, 1.807) is 25.1 Å². The second kappa shape index (κ2) is 6.40. The minimum atomic E-state index is -0.680. The Kier molecular flexibility index (Phi) is 5.16. The molecule has 1 rings (SSSR count). The van der Waals surface area contributed by atoms with Crippen molar-refractivity contribution in [3.63, 3.8) is 0 Å². The lowest BCUT2D eigenvalue weighted by Crippen LogP contribution is -2.37. The Morgan fingerprint density at radius 1 is 1.28 bits per heavy atom. The van der Waals surface area contributed by atoms with Gasteiger partial charge in [0.05, 0.1) is 0 Å². The molecular formula is C13H17ClN2O2. The van der Waals surface area contributed by atoms with E-state index in [2.05, 4.69) is 10.6 Å². The van der Waals surface area contributed by atoms with Crippen LogP contribution in [0.2, 0.25) is 5.02 Å². The largest absolute Gasteiger partial charge is 0.348 e. The number of anilines is 1. The van der Waals surface area contributed by atoms with Gasteiger partial charge in [0.25, 0.3) is 0 Å². The van der Waals surface area contributed by atoms with Gasteiger partial charge in [-0.15, -0.1) is 0 Å². The summed E-state index contributed by atoms with van der Waals surface area (Å²) in [5, 5.41) is 5.64. The van der Waals surface area contributed by atoms with E-state index in [1.165, 1.54) is 0 Å². The molecular weight excluding hydrogens is 252 g/mol. The monoisotopic (exact) mass is 268 g/mol. The molecule has 0 aromatic heterocycles. The molecule has 0 bridgehead atoms. The molecule has 0 unspecified atom stereocenters. The molecule has 2 amide bonds. The Labute approximate surface area is 112 Å². The van der Waals surface area contributed by atoms with E-state index < -0.39 is 11.8 Å². The number of benzene rings is 1. The minimum Gasteiger partial charge on any atom is -0.348 e. The van der Waals surface area contributed by atoms with E-state index in [0.717, 1.165) is 5.56 Å². The van der Waals surface area contributed by atoms with Gasteiger partial charge in [-0.1, -0.05) is 31.5 Å². The smallest absolute Gasteiger partial charge is 0.313 e. The summed E-state index contributed by atoms with van der Waals surface area (Å²) in [4.78, 5) is 23.1. The maximum atomic E-state index is 11.6. The fourth-order valence-electron chi connectivity index (χ4n) is 1.30. The van der Waals surface area contributed by atoms with E-state index in [-0.39, 0.29) is 0 Å². The van der Waals surface area contributed by atoms with Gasteiger partial charge in [0.1, 0.15) is 0 Å². The normalized spacial score (nSPS) is 10.3. The van der Waals surface area contributed by atoms with E-state index in [4.69, 9.17) is 11.6 Å². The quantitative estimate of drug-likeness (QED) is 0.827. The van der Waals surface area contributed by atoms with Gasteiger partial charge < -0.3 is 10.6 Å². The second-order valence-electron chi connectivity index (χ2n) is 4.47. The SMILES string of the molecule is Cc1c(Cl)cccc1NC(=O)C(=O)NCC(C)C. The number of halogens is 1. The van der Waals surface area contributed by atoms with Gasteiger partial charge in [0, 0.05) is 17.3 Å². The summed E-state index contributed by atoms with van der Waals surface area (Å²) in [6.45, 7) is 6.17. The first-order valence-electron chi connectivity index (χ1n) is 5.76. The summed E-state index contributed by atoms with van der Waals surface area (Å²) in [7, 11) is 0. The van der Waals surface area contributed by atoms with Crippen LogP contribution in [0.5, 0.6) is 0 Å². The number of nitrogens with one attached hydrogen (secondary N) is 2. The summed E-state index contributed by atoms with van der Waals surface area (Å²) in [6.07, 6.45) is 0. The third-order valence-electron chi connectivity index (χ3n) is 2.39. The standard InChI is InChI=1S/C13H17ClN2O2/c1-8(2)7-15-12(17)13(18)16-11-6-4-5-10(14)9(11)3/h4-6,8H,7H2,1-3H3,(H,15,17)(H,16,18). The molecule has 98 valence electrons. The first-order chi connectivity index (χ1) is 8.41. The minimum absolute atomic E-state index is 0.301. The van der Waals surface area contributed by atoms with Gasteiger partial charge in [0.15, 0.2) is 0 Å². The van der Waals surface area contributed by atoms with Crippen molar-refractivity contribution in [1.29, 1.82) is 0 Å². The van der Waals surface area contributed by atoms with Crippen molar-refractivity contribution < 1.29 is 9.59 Å². The lowest BCUT2D eigenvalue weighted by molar-refractivity contribution is -0.136. The van der Waals surface area contributed by atoms with Crippen molar-refractivity contribution in [2.75, 3.05) is 11.9 Å². The molecule has 0 heterocycles. The fraction of sp³-hybridized carbons (Fsp3) is 0.385. The highest BCUT2D eigenvalue weighted by molar-refractivity contribution is 6.40. The van der Waals surface area contributed by atoms with Crippen molar-refractivity contribution in [3.8, 4) is 0 Å². The van der Waals surface area contributed by atoms with Gasteiger partial charge >= 0.3 is 11.8 Å². The number of carbonyl (C=O) groups is 2. The van der Waals surface area contributed by atoms with Crippen LogP contribution >= 0.6 is 11.6 Å². The number of carbonyl (C=O) groups excluding carboxylic acids is 2. The van der Waals surface area contributed by atoms with Crippen molar-refractivity contribution in [2.24, 2.45) is 5.92 Å². The highest BCUT2D eigenvalue weighted by atomic mass is 35.5. The molecule has 0 atom stereocenters. The van der Waals surface area contributed by atoms with Crippen LogP contribution in [-0.4, -0.2) is 18.4 Å². The van der Waals surface area contributed by atoms with Crippen LogP contribution in [0.4, 0.5) is 5.69 Å². The maximum Gasteiger partial charge on any atom is 0.313 e. The van der Waals surface area contributed by atoms with E-state index in [1.807, 2.05) is 13.8 Å². The van der Waals surface area contributed by atoms with Gasteiger partial charge in [-0.05, 0) is 30.5 Å². The van der Waals surface area contributed by atoms with Crippen molar-refractivity contribution >= 4 is 29.1 Å². The third kappa shape index (κ3) is 4.04. The van der Waals surface area contributed by atoms with Crippen LogP contribution in [0.25, 0.3) is 0 Å². The molecule has 0 saturated carbocycles. The zero-order valence-electron chi connectivity index (χ0n) is 10.7. The molecule has 0 radical (unpaired) electrons. The van der Waals surface area contributed by atoms with Gasteiger partial charge in [-0.25, -0.2) is 0 Å². The van der Waals surface area contributed by atoms with Gasteiger partial charge in [-0.2, -0.15) is 0 Å². The highest BCUT2D eigenvalue weighted by Gasteiger charge is 2.15. The van der Waals surface area contributed by atoms with Crippen LogP contribution in [-0.2, 0) is 9.59 Å². The molecule has 2 N–H and O–H groups in total. The highest BCUT2D eigenvalue weighted by Crippen LogP contribution is 2.22. The Hall–Kier alpha value is -1.55. The summed E-state index contributed by atoms with van der Waals surface area (Å²) >= 11 is 5.93. The molecule has 0 spiro atoms. The van der Waals surface area contributed by atoms with Crippen LogP contribution in [0.1, 0.15) is 19.4 Å². The Morgan fingerprint density at radius 2 is 1.94 bits per heavy atom. The van der Waals surface area contributed by atoms with Crippen molar-refractivity contribution in [2.45, 2.75) is 20.8 Å². The lowest BCUT2D eigenvalue weighted by atomic mass is 10.2.